The zero-order valence-electron chi connectivity index (χ0n) is 14.0. The molecule has 0 nitrogen and oxygen atoms in total. The van der Waals surface area contributed by atoms with Gasteiger partial charge in [0.15, 0.2) is 17.4 Å². The van der Waals surface area contributed by atoms with E-state index < -0.39 is 0 Å². The van der Waals surface area contributed by atoms with Gasteiger partial charge < -0.3 is 0 Å². The summed E-state index contributed by atoms with van der Waals surface area (Å²) >= 11 is 0. The van der Waals surface area contributed by atoms with Crippen LogP contribution in [0.1, 0.15) is 123 Å². The van der Waals surface area contributed by atoms with Gasteiger partial charge in [0.1, 0.15) is 0 Å². The largest absolute Gasteiger partial charge is 0.187 e. The number of rotatable bonds is 16. The molecule has 0 atom stereocenters. The average Bonchev–Trinajstić information content (AvgIpc) is 2.43. The molecule has 0 amide bonds. The van der Waals surface area contributed by atoms with Crippen molar-refractivity contribution in [3.05, 3.63) is 0 Å². The van der Waals surface area contributed by atoms with Crippen LogP contribution in [-0.4, -0.2) is 17.4 Å². The highest BCUT2D eigenvalue weighted by atomic mass is 27.0. The van der Waals surface area contributed by atoms with Crippen LogP contribution < -0.4 is 0 Å². The van der Waals surface area contributed by atoms with Crippen molar-refractivity contribution in [3.8, 4) is 0 Å². The summed E-state index contributed by atoms with van der Waals surface area (Å²) in [6.45, 7) is 4.59. The van der Waals surface area contributed by atoms with Gasteiger partial charge >= 0.3 is 0 Å². The molecule has 0 radical (unpaired) electrons. The molecule has 0 aromatic carbocycles. The second kappa shape index (κ2) is 21.8. The van der Waals surface area contributed by atoms with Crippen molar-refractivity contribution >= 4 is 17.4 Å². The quantitative estimate of drug-likeness (QED) is 0.226. The van der Waals surface area contributed by atoms with Gasteiger partial charge in [-0.05, 0) is 0 Å². The minimum Gasteiger partial charge on any atom is -0.0654 e. The van der Waals surface area contributed by atoms with E-state index in [0.29, 0.717) is 0 Å². The van der Waals surface area contributed by atoms with E-state index in [0.717, 1.165) is 0 Å². The van der Waals surface area contributed by atoms with Crippen molar-refractivity contribution in [1.29, 1.82) is 0 Å². The van der Waals surface area contributed by atoms with Crippen molar-refractivity contribution in [2.24, 2.45) is 0 Å². The van der Waals surface area contributed by atoms with Gasteiger partial charge in [0.2, 0.25) is 0 Å². The van der Waals surface area contributed by atoms with Gasteiger partial charge in [-0.1, -0.05) is 123 Å². The second-order valence-corrected chi connectivity index (χ2v) is 6.30. The van der Waals surface area contributed by atoms with E-state index in [1.807, 2.05) is 0 Å². The van der Waals surface area contributed by atoms with Crippen LogP contribution >= 0.6 is 0 Å². The van der Waals surface area contributed by atoms with Crippen LogP contribution in [0.25, 0.3) is 0 Å². The van der Waals surface area contributed by atoms with Crippen LogP contribution in [0.15, 0.2) is 0 Å². The average molecular weight is 299 g/mol. The zero-order chi connectivity index (χ0) is 14.0. The molecule has 0 aromatic heterocycles. The molecule has 0 spiro atoms. The first-order valence-electron chi connectivity index (χ1n) is 9.41. The molecule has 1 heteroatoms. The lowest BCUT2D eigenvalue weighted by Crippen LogP contribution is -1.83. The van der Waals surface area contributed by atoms with Gasteiger partial charge in [0.25, 0.3) is 0 Å². The summed E-state index contributed by atoms with van der Waals surface area (Å²) in [5, 5.41) is 0. The first-order valence-corrected chi connectivity index (χ1v) is 9.41. The van der Waals surface area contributed by atoms with Crippen LogP contribution in [0.4, 0.5) is 0 Å². The van der Waals surface area contributed by atoms with E-state index in [1.165, 1.54) is 109 Å². The lowest BCUT2D eigenvalue weighted by atomic mass is 10.0. The smallest absolute Gasteiger partial charge is 0.0654 e. The Labute approximate surface area is 140 Å². The molecule has 122 valence electrons. The molecule has 0 saturated carbocycles. The van der Waals surface area contributed by atoms with Crippen LogP contribution in [0.5, 0.6) is 0 Å². The third-order valence-electron chi connectivity index (χ3n) is 4.21. The molecular weight excluding hydrogens is 255 g/mol. The molecule has 0 fully saturated rings. The minimum absolute atomic E-state index is 0. The summed E-state index contributed by atoms with van der Waals surface area (Å²) < 4.78 is 0. The molecule has 0 heterocycles. The summed E-state index contributed by atoms with van der Waals surface area (Å²) in [5.74, 6) is 0. The van der Waals surface area contributed by atoms with Crippen LogP contribution in [0.3, 0.4) is 0 Å². The molecular formula is C19H43Al. The van der Waals surface area contributed by atoms with Gasteiger partial charge in [-0.2, -0.15) is 0 Å². The molecule has 0 aromatic rings. The predicted octanol–water partition coefficient (Wildman–Crippen LogP) is 6.47. The summed E-state index contributed by atoms with van der Waals surface area (Å²) in [7, 11) is 0. The highest BCUT2D eigenvalue weighted by Gasteiger charge is 1.94. The van der Waals surface area contributed by atoms with Crippen molar-refractivity contribution in [1.82, 2.24) is 0 Å². The Balaban J connectivity index is 0. The lowest BCUT2D eigenvalue weighted by molar-refractivity contribution is 0.529. The zero-order valence-corrected chi connectivity index (χ0v) is 14.0. The molecule has 0 unspecified atom stereocenters. The molecule has 0 bridgehead atoms. The summed E-state index contributed by atoms with van der Waals surface area (Å²) in [5.41, 5.74) is 0. The number of unbranched alkanes of at least 4 members (excludes halogenated alkanes) is 16. The Morgan fingerprint density at radius 1 is 0.300 bits per heavy atom. The fraction of sp³-hybridized carbons (Fsp3) is 1.00. The van der Waals surface area contributed by atoms with Gasteiger partial charge in [0, 0.05) is 0 Å². The Morgan fingerprint density at radius 3 is 0.600 bits per heavy atom. The Bertz CT molecular complexity index is 129. The summed E-state index contributed by atoms with van der Waals surface area (Å²) in [6.07, 6.45) is 24.9. The van der Waals surface area contributed by atoms with Crippen molar-refractivity contribution in [2.75, 3.05) is 0 Å². The van der Waals surface area contributed by atoms with E-state index in [9.17, 15) is 0 Å². The summed E-state index contributed by atoms with van der Waals surface area (Å²) in [4.78, 5) is 0. The Kier molecular flexibility index (Phi) is 24.9. The Morgan fingerprint density at radius 2 is 0.450 bits per heavy atom. The maximum atomic E-state index is 2.30. The van der Waals surface area contributed by atoms with Crippen LogP contribution in [-0.2, 0) is 0 Å². The highest BCUT2D eigenvalue weighted by molar-refractivity contribution is 5.75. The van der Waals surface area contributed by atoms with Crippen molar-refractivity contribution in [2.45, 2.75) is 123 Å². The third kappa shape index (κ3) is 20.8. The molecule has 20 heavy (non-hydrogen) atoms. The maximum absolute atomic E-state index is 2.30. The number of hydrogen-bond donors (Lipinski definition) is 0. The van der Waals surface area contributed by atoms with E-state index in [1.54, 1.807) is 0 Å². The number of hydrogen-bond acceptors (Lipinski definition) is 0. The fourth-order valence-corrected chi connectivity index (χ4v) is 2.80. The predicted molar refractivity (Wildman–Crippen MR) is 99.8 cm³/mol. The van der Waals surface area contributed by atoms with Crippen LogP contribution in [0.2, 0.25) is 0 Å². The van der Waals surface area contributed by atoms with E-state index in [-0.39, 0.29) is 17.4 Å². The van der Waals surface area contributed by atoms with Gasteiger partial charge in [-0.25, -0.2) is 0 Å². The molecule has 0 saturated heterocycles. The van der Waals surface area contributed by atoms with Gasteiger partial charge in [-0.3, -0.25) is 0 Å². The molecule has 0 aliphatic rings. The molecule has 0 aliphatic heterocycles. The molecule has 0 rings (SSSR count). The minimum atomic E-state index is 0. The highest BCUT2D eigenvalue weighted by Crippen LogP contribution is 2.13. The van der Waals surface area contributed by atoms with Crippen LogP contribution in [0, 0.1) is 0 Å². The van der Waals surface area contributed by atoms with E-state index in [2.05, 4.69) is 13.8 Å². The topological polar surface area (TPSA) is 0 Å². The molecule has 0 N–H and O–H groups in total. The monoisotopic (exact) mass is 298 g/mol. The normalized spacial score (nSPS) is 10.5. The second-order valence-electron chi connectivity index (χ2n) is 6.30. The van der Waals surface area contributed by atoms with Gasteiger partial charge in [0.05, 0.1) is 0 Å². The first-order chi connectivity index (χ1) is 9.41. The summed E-state index contributed by atoms with van der Waals surface area (Å²) in [6, 6.07) is 0. The maximum Gasteiger partial charge on any atom is 0.187 e. The standard InChI is InChI=1S/C19H40.Al.3H/c1-3-5-7-9-11-13-15-17-19-18-16-14-12-10-8-6-4-2;;;;/h3-19H2,1-2H3;;;;. The lowest BCUT2D eigenvalue weighted by Gasteiger charge is -2.03. The van der Waals surface area contributed by atoms with Gasteiger partial charge in [-0.15, -0.1) is 0 Å². The SMILES string of the molecule is CCCCCCCCCCCCCCCCCCC.[AlH3]. The molecule has 0 aliphatic carbocycles. The third-order valence-corrected chi connectivity index (χ3v) is 4.21. The van der Waals surface area contributed by atoms with E-state index >= 15 is 0 Å². The Hall–Kier alpha value is 0.532. The first kappa shape index (κ1) is 22.8. The fourth-order valence-electron chi connectivity index (χ4n) is 2.80. The van der Waals surface area contributed by atoms with Crippen molar-refractivity contribution in [3.63, 3.8) is 0 Å². The van der Waals surface area contributed by atoms with E-state index in [4.69, 9.17) is 0 Å². The van der Waals surface area contributed by atoms with Crippen molar-refractivity contribution < 1.29 is 0 Å².